The number of epoxide rings is 1. The van der Waals surface area contributed by atoms with Crippen molar-refractivity contribution >= 4 is 40.9 Å². The van der Waals surface area contributed by atoms with E-state index in [2.05, 4.69) is 5.32 Å². The Bertz CT molecular complexity index is 1810. The predicted molar refractivity (Wildman–Crippen MR) is 202 cm³/mol. The highest BCUT2D eigenvalue weighted by Gasteiger charge is 2.64. The topological polar surface area (TPSA) is 186 Å². The van der Waals surface area contributed by atoms with E-state index in [1.807, 2.05) is 19.9 Å². The lowest BCUT2D eigenvalue weighted by atomic mass is 9.83. The number of anilines is 2. The molecule has 0 aliphatic carbocycles. The van der Waals surface area contributed by atoms with Crippen molar-refractivity contribution in [2.75, 3.05) is 38.9 Å². The number of likely N-dealkylation sites (N-methyl/N-ethyl adjacent to an activating group) is 1. The molecule has 3 heterocycles. The Morgan fingerprint density at radius 2 is 1.93 bits per heavy atom. The number of carbonyl (C=O) groups is 3. The Morgan fingerprint density at radius 1 is 1.22 bits per heavy atom. The van der Waals surface area contributed by atoms with Gasteiger partial charge in [-0.05, 0) is 57.0 Å². The first-order valence-corrected chi connectivity index (χ1v) is 18.2. The van der Waals surface area contributed by atoms with Crippen molar-refractivity contribution in [3.8, 4) is 5.75 Å². The number of carbonyl (C=O) groups excluding carboxylic acids is 3. The lowest BCUT2D eigenvalue weighted by Gasteiger charge is -2.42. The molecule has 3 aliphatic rings. The molecule has 14 nitrogen and oxygen atoms in total. The summed E-state index contributed by atoms with van der Waals surface area (Å²) < 4.78 is 29.5. The normalized spacial score (nSPS) is 31.5. The number of amides is 3. The van der Waals surface area contributed by atoms with Crippen LogP contribution in [0.25, 0.3) is 0 Å². The molecular weight excluding hydrogens is 720 g/mol. The van der Waals surface area contributed by atoms with Crippen LogP contribution in [0.15, 0.2) is 60.2 Å². The monoisotopic (exact) mass is 770 g/mol. The molecule has 294 valence electrons. The van der Waals surface area contributed by atoms with Crippen LogP contribution in [0.5, 0.6) is 5.75 Å². The summed E-state index contributed by atoms with van der Waals surface area (Å²) >= 11 is 6.78. The third-order valence-electron chi connectivity index (χ3n) is 10.8. The largest absolute Gasteiger partial charge is 0.495 e. The predicted octanol–water partition coefficient (Wildman–Crippen LogP) is 4.20. The molecule has 4 bridgehead atoms. The second-order valence-corrected chi connectivity index (χ2v) is 14.9. The maximum absolute atomic E-state index is 14.2. The minimum Gasteiger partial charge on any atom is -0.495 e. The number of rotatable bonds is 7. The van der Waals surface area contributed by atoms with E-state index in [-0.39, 0.29) is 29.1 Å². The fourth-order valence-corrected chi connectivity index (χ4v) is 7.48. The summed E-state index contributed by atoms with van der Waals surface area (Å²) in [6.45, 7) is 7.09. The zero-order valence-corrected chi connectivity index (χ0v) is 32.6. The van der Waals surface area contributed by atoms with Crippen molar-refractivity contribution < 1.29 is 48.3 Å². The SMILES string of the molecule is COc1cc2cc(c1Cl)N(C)C(=O)C[C@H](OC(O)[C@H](C)N(C)C(=O)c1ccccc1N)[C@]1(C)O[C@H]1[C@H](C)[C@@H]1C[C@@](O)(NC(=O)O1)[C@H](OC)/C=C/C=C(\C)C2. The van der Waals surface area contributed by atoms with Gasteiger partial charge in [0, 0.05) is 39.2 Å². The molecule has 5 N–H and O–H groups in total. The smallest absolute Gasteiger partial charge is 0.409 e. The second kappa shape index (κ2) is 16.3. The molecule has 9 atom stereocenters. The maximum atomic E-state index is 14.2. The number of allylic oxidation sites excluding steroid dienone is 3. The Balaban J connectivity index is 1.53. The third-order valence-corrected chi connectivity index (χ3v) is 11.2. The van der Waals surface area contributed by atoms with Crippen LogP contribution in [0.3, 0.4) is 0 Å². The number of aliphatic hydroxyl groups excluding tert-OH is 1. The highest BCUT2D eigenvalue weighted by atomic mass is 35.5. The number of hydrogen-bond donors (Lipinski definition) is 4. The second-order valence-electron chi connectivity index (χ2n) is 14.6. The van der Waals surface area contributed by atoms with Crippen molar-refractivity contribution in [1.82, 2.24) is 10.2 Å². The van der Waals surface area contributed by atoms with E-state index < -0.39 is 71.9 Å². The summed E-state index contributed by atoms with van der Waals surface area (Å²) in [6.07, 6.45) is -0.525. The van der Waals surface area contributed by atoms with Crippen LogP contribution in [0, 0.1) is 5.92 Å². The number of ether oxygens (including phenoxy) is 5. The molecule has 0 spiro atoms. The number of halogens is 1. The summed E-state index contributed by atoms with van der Waals surface area (Å²) in [5, 5.41) is 26.0. The van der Waals surface area contributed by atoms with Gasteiger partial charge in [-0.25, -0.2) is 4.79 Å². The van der Waals surface area contributed by atoms with E-state index in [1.54, 1.807) is 69.4 Å². The zero-order chi connectivity index (χ0) is 39.7. The van der Waals surface area contributed by atoms with Gasteiger partial charge in [-0.3, -0.25) is 14.9 Å². The molecule has 2 saturated heterocycles. The lowest BCUT2D eigenvalue weighted by Crippen LogP contribution is -2.63. The first-order valence-electron chi connectivity index (χ1n) is 17.8. The van der Waals surface area contributed by atoms with E-state index >= 15 is 0 Å². The summed E-state index contributed by atoms with van der Waals surface area (Å²) in [5.74, 6) is -0.993. The number of para-hydroxylation sites is 1. The van der Waals surface area contributed by atoms with Gasteiger partial charge in [0.25, 0.3) is 5.91 Å². The van der Waals surface area contributed by atoms with Crippen molar-refractivity contribution in [2.45, 2.75) is 95.0 Å². The van der Waals surface area contributed by atoms with Crippen LogP contribution >= 0.6 is 11.6 Å². The summed E-state index contributed by atoms with van der Waals surface area (Å²) in [7, 11) is 6.03. The number of nitrogens with zero attached hydrogens (tertiary/aromatic N) is 2. The fourth-order valence-electron chi connectivity index (χ4n) is 7.17. The van der Waals surface area contributed by atoms with Crippen LogP contribution in [0.4, 0.5) is 16.2 Å². The number of nitrogens with two attached hydrogens (primary N) is 1. The Kier molecular flexibility index (Phi) is 12.4. The Morgan fingerprint density at radius 3 is 2.59 bits per heavy atom. The van der Waals surface area contributed by atoms with Gasteiger partial charge in [0.1, 0.15) is 34.7 Å². The molecule has 15 heteroatoms. The molecular formula is C39H51ClN4O10. The first-order chi connectivity index (χ1) is 25.4. The standard InChI is InChI=1S/C39H51ClN4O10/c1-21-12-11-15-30(51-8)39(49)20-29(52-37(48)42-39)22(2)34-38(4,54-34)31(19-32(45)44(6)27-17-24(16-21)18-28(50-7)33(27)40)53-36(47)23(3)43(5)35(46)25-13-9-10-14-26(25)41/h9-15,17-18,22-23,29-31,34,36,47,49H,16,19-20,41H2,1-8H3,(H,42,48)/b15-11+,21-12+/t22-,23+,29+,30-,31+,34+,36?,38+,39+/m1/s1. The van der Waals surface area contributed by atoms with Gasteiger partial charge in [-0.1, -0.05) is 54.5 Å². The molecule has 2 aromatic carbocycles. The number of alkyl carbamates (subject to hydrolysis) is 1. The minimum absolute atomic E-state index is 0.0477. The number of aliphatic hydroxyl groups is 2. The van der Waals surface area contributed by atoms with Crippen LogP contribution in [0.2, 0.25) is 5.02 Å². The quantitative estimate of drug-likeness (QED) is 0.180. The summed E-state index contributed by atoms with van der Waals surface area (Å²) in [6, 6.07) is 9.30. The average molecular weight is 771 g/mol. The van der Waals surface area contributed by atoms with Gasteiger partial charge >= 0.3 is 6.09 Å². The molecule has 3 amide bonds. The molecule has 2 aromatic rings. The van der Waals surface area contributed by atoms with Crippen molar-refractivity contribution in [3.05, 3.63) is 76.3 Å². The number of fused-ring (bicyclic) bond motifs is 5. The molecule has 3 aliphatic heterocycles. The molecule has 1 unspecified atom stereocenters. The minimum atomic E-state index is -1.83. The van der Waals surface area contributed by atoms with E-state index in [9.17, 15) is 24.6 Å². The summed E-state index contributed by atoms with van der Waals surface area (Å²) in [5.41, 5.74) is 5.72. The number of methoxy groups -OCH3 is 2. The average Bonchev–Trinajstić information content (AvgIpc) is 3.83. The maximum Gasteiger partial charge on any atom is 0.409 e. The highest BCUT2D eigenvalue weighted by Crippen LogP contribution is 2.49. The number of benzene rings is 2. The Hall–Kier alpha value is -4.18. The van der Waals surface area contributed by atoms with Crippen LogP contribution in [-0.4, -0.2) is 109 Å². The van der Waals surface area contributed by atoms with Gasteiger partial charge in [-0.15, -0.1) is 0 Å². The van der Waals surface area contributed by atoms with Crippen molar-refractivity contribution in [2.24, 2.45) is 5.92 Å². The van der Waals surface area contributed by atoms with E-state index in [1.165, 1.54) is 31.1 Å². The van der Waals surface area contributed by atoms with Gasteiger partial charge < -0.3 is 49.4 Å². The molecule has 0 radical (unpaired) electrons. The van der Waals surface area contributed by atoms with Gasteiger partial charge in [-0.2, -0.15) is 0 Å². The van der Waals surface area contributed by atoms with E-state index in [0.717, 1.165) is 11.1 Å². The van der Waals surface area contributed by atoms with Gasteiger partial charge in [0.05, 0.1) is 36.9 Å². The molecule has 0 saturated carbocycles. The third kappa shape index (κ3) is 8.38. The van der Waals surface area contributed by atoms with Crippen LogP contribution in [0.1, 0.15) is 56.5 Å². The zero-order valence-electron chi connectivity index (χ0n) is 31.9. The first kappa shape index (κ1) is 41.0. The highest BCUT2D eigenvalue weighted by molar-refractivity contribution is 6.35. The van der Waals surface area contributed by atoms with Crippen molar-refractivity contribution in [3.63, 3.8) is 0 Å². The van der Waals surface area contributed by atoms with Crippen molar-refractivity contribution in [1.29, 1.82) is 0 Å². The number of hydrogen-bond acceptors (Lipinski definition) is 11. The number of nitrogens with one attached hydrogen (secondary N) is 1. The van der Waals surface area contributed by atoms with Crippen LogP contribution in [-0.2, 0) is 30.2 Å². The van der Waals surface area contributed by atoms with Gasteiger partial charge in [0.2, 0.25) is 5.91 Å². The summed E-state index contributed by atoms with van der Waals surface area (Å²) in [4.78, 5) is 43.2. The molecule has 2 fully saturated rings. The molecule has 5 rings (SSSR count). The molecule has 54 heavy (non-hydrogen) atoms. The fraction of sp³-hybridized carbons (Fsp3) is 0.513. The Labute approximate surface area is 320 Å². The van der Waals surface area contributed by atoms with E-state index in [4.69, 9.17) is 41.0 Å². The van der Waals surface area contributed by atoms with Gasteiger partial charge in [0.15, 0.2) is 12.0 Å². The lowest BCUT2D eigenvalue weighted by molar-refractivity contribution is -0.179. The van der Waals surface area contributed by atoms with Crippen LogP contribution < -0.4 is 20.7 Å². The molecule has 0 aromatic heterocycles. The number of nitrogen functional groups attached to an aromatic ring is 1. The van der Waals surface area contributed by atoms with E-state index in [0.29, 0.717) is 17.9 Å².